The van der Waals surface area contributed by atoms with Crippen LogP contribution < -0.4 is 5.32 Å². The van der Waals surface area contributed by atoms with E-state index >= 15 is 0 Å². The van der Waals surface area contributed by atoms with Crippen LogP contribution in [0.2, 0.25) is 0 Å². The van der Waals surface area contributed by atoms with Crippen molar-refractivity contribution in [2.24, 2.45) is 0 Å². The second kappa shape index (κ2) is 3.21. The summed E-state index contributed by atoms with van der Waals surface area (Å²) < 4.78 is 1.68. The maximum absolute atomic E-state index is 10.5. The van der Waals surface area contributed by atoms with E-state index in [1.807, 2.05) is 6.26 Å². The van der Waals surface area contributed by atoms with E-state index in [9.17, 15) is 4.79 Å². The number of allylic oxidation sites excluding steroid dienone is 1. The molecule has 1 N–H and O–H groups in total. The molecule has 1 aliphatic rings. The van der Waals surface area contributed by atoms with Crippen LogP contribution in [0.15, 0.2) is 16.9 Å². The van der Waals surface area contributed by atoms with Crippen LogP contribution in [0.4, 0.5) is 5.95 Å². The monoisotopic (exact) mass is 196 g/mol. The first kappa shape index (κ1) is 8.31. The minimum Gasteiger partial charge on any atom is -0.330 e. The Morgan fingerprint density at radius 1 is 1.77 bits per heavy atom. The number of aldehydes is 1. The van der Waals surface area contributed by atoms with E-state index in [4.69, 9.17) is 0 Å². The summed E-state index contributed by atoms with van der Waals surface area (Å²) in [6.07, 6.45) is 4.38. The van der Waals surface area contributed by atoms with Crippen molar-refractivity contribution >= 4 is 24.0 Å². The van der Waals surface area contributed by atoms with Gasteiger partial charge in [0.25, 0.3) is 0 Å². The summed E-state index contributed by atoms with van der Waals surface area (Å²) in [6.45, 7) is 0.499. The number of carbonyl (C=O) groups excluding carboxylic acids is 1. The van der Waals surface area contributed by atoms with Gasteiger partial charge in [0.05, 0.1) is 6.54 Å². The molecule has 0 saturated carbocycles. The van der Waals surface area contributed by atoms with E-state index in [0.29, 0.717) is 23.2 Å². The number of thioether (sulfide) groups is 1. The Hall–Kier alpha value is -1.30. The van der Waals surface area contributed by atoms with Gasteiger partial charge in [0.2, 0.25) is 11.1 Å². The van der Waals surface area contributed by atoms with Crippen molar-refractivity contribution in [2.75, 3.05) is 11.6 Å². The number of anilines is 1. The van der Waals surface area contributed by atoms with E-state index in [0.717, 1.165) is 6.29 Å². The summed E-state index contributed by atoms with van der Waals surface area (Å²) in [4.78, 5) is 14.7. The topological polar surface area (TPSA) is 59.8 Å². The number of carbonyl (C=O) groups is 1. The molecule has 0 spiro atoms. The summed E-state index contributed by atoms with van der Waals surface area (Å²) in [5, 5.41) is 7.79. The first-order valence-corrected chi connectivity index (χ1v) is 4.95. The Labute approximate surface area is 79.2 Å². The van der Waals surface area contributed by atoms with E-state index in [1.54, 1.807) is 10.9 Å². The van der Waals surface area contributed by atoms with Crippen LogP contribution in [0.25, 0.3) is 0 Å². The zero-order valence-electron chi connectivity index (χ0n) is 7.02. The average molecular weight is 196 g/mol. The molecule has 0 aromatic carbocycles. The molecule has 0 radical (unpaired) electrons. The Morgan fingerprint density at radius 3 is 3.31 bits per heavy atom. The predicted octanol–water partition coefficient (Wildman–Crippen LogP) is 0.508. The molecule has 1 aromatic heterocycles. The summed E-state index contributed by atoms with van der Waals surface area (Å²) >= 11 is 1.48. The SMILES string of the molecule is CSc1nc2n(n1)CC(C=O)=CN2. The summed E-state index contributed by atoms with van der Waals surface area (Å²) in [5.41, 5.74) is 0.671. The van der Waals surface area contributed by atoms with Gasteiger partial charge in [-0.3, -0.25) is 4.79 Å². The quantitative estimate of drug-likeness (QED) is 0.551. The van der Waals surface area contributed by atoms with Gasteiger partial charge in [0, 0.05) is 11.8 Å². The molecule has 1 aromatic rings. The van der Waals surface area contributed by atoms with E-state index < -0.39 is 0 Å². The lowest BCUT2D eigenvalue weighted by atomic mass is 10.3. The molecule has 0 unspecified atom stereocenters. The standard InChI is InChI=1S/C7H8N4OS/c1-13-7-9-6-8-2-5(4-12)3-11(6)10-7/h2,4H,3H2,1H3,(H,8,9,10). The lowest BCUT2D eigenvalue weighted by molar-refractivity contribution is -0.105. The van der Waals surface area contributed by atoms with Crippen LogP contribution in [-0.2, 0) is 11.3 Å². The lowest BCUT2D eigenvalue weighted by Gasteiger charge is -2.10. The van der Waals surface area contributed by atoms with E-state index in [2.05, 4.69) is 15.4 Å². The summed E-state index contributed by atoms with van der Waals surface area (Å²) in [6, 6.07) is 0. The van der Waals surface area contributed by atoms with Crippen molar-refractivity contribution in [3.63, 3.8) is 0 Å². The van der Waals surface area contributed by atoms with Crippen molar-refractivity contribution in [3.05, 3.63) is 11.8 Å². The van der Waals surface area contributed by atoms with Gasteiger partial charge < -0.3 is 5.32 Å². The number of fused-ring (bicyclic) bond motifs is 1. The highest BCUT2D eigenvalue weighted by Crippen LogP contribution is 2.17. The molecule has 0 bridgehead atoms. The first-order valence-electron chi connectivity index (χ1n) is 3.73. The number of rotatable bonds is 2. The minimum atomic E-state index is 0.499. The van der Waals surface area contributed by atoms with Crippen molar-refractivity contribution < 1.29 is 4.79 Å². The van der Waals surface area contributed by atoms with Gasteiger partial charge in [-0.25, -0.2) is 4.68 Å². The highest BCUT2D eigenvalue weighted by molar-refractivity contribution is 7.98. The summed E-state index contributed by atoms with van der Waals surface area (Å²) in [5.74, 6) is 0.690. The normalized spacial score (nSPS) is 14.4. The second-order valence-corrected chi connectivity index (χ2v) is 3.33. The summed E-state index contributed by atoms with van der Waals surface area (Å²) in [7, 11) is 0. The number of hydrogen-bond donors (Lipinski definition) is 1. The highest BCUT2D eigenvalue weighted by atomic mass is 32.2. The molecule has 6 heteroatoms. The third-order valence-corrected chi connectivity index (χ3v) is 2.24. The van der Waals surface area contributed by atoms with Crippen LogP contribution in [0, 0.1) is 0 Å². The fraction of sp³-hybridized carbons (Fsp3) is 0.286. The molecule has 0 saturated heterocycles. The maximum atomic E-state index is 10.5. The van der Waals surface area contributed by atoms with E-state index in [-0.39, 0.29) is 0 Å². The number of nitrogens with one attached hydrogen (secondary N) is 1. The number of nitrogens with zero attached hydrogens (tertiary/aromatic N) is 3. The van der Waals surface area contributed by atoms with Gasteiger partial charge in [-0.15, -0.1) is 5.10 Å². The third kappa shape index (κ3) is 1.44. The van der Waals surface area contributed by atoms with Crippen LogP contribution in [-0.4, -0.2) is 27.3 Å². The Kier molecular flexibility index (Phi) is 2.05. The molecule has 13 heavy (non-hydrogen) atoms. The fourth-order valence-electron chi connectivity index (χ4n) is 1.07. The molecular weight excluding hydrogens is 188 g/mol. The van der Waals surface area contributed by atoms with Crippen LogP contribution in [0.5, 0.6) is 0 Å². The fourth-order valence-corrected chi connectivity index (χ4v) is 1.43. The zero-order valence-corrected chi connectivity index (χ0v) is 7.84. The van der Waals surface area contributed by atoms with Gasteiger partial charge in [-0.05, 0) is 6.26 Å². The van der Waals surface area contributed by atoms with Gasteiger partial charge in [0.1, 0.15) is 6.29 Å². The zero-order chi connectivity index (χ0) is 9.26. The lowest BCUT2D eigenvalue weighted by Crippen LogP contribution is -2.14. The number of hydrogen-bond acceptors (Lipinski definition) is 5. The van der Waals surface area contributed by atoms with Crippen molar-refractivity contribution in [3.8, 4) is 0 Å². The molecule has 68 valence electrons. The van der Waals surface area contributed by atoms with E-state index in [1.165, 1.54) is 11.8 Å². The molecule has 5 nitrogen and oxygen atoms in total. The average Bonchev–Trinajstić information content (AvgIpc) is 2.58. The predicted molar refractivity (Wildman–Crippen MR) is 49.6 cm³/mol. The molecule has 0 fully saturated rings. The van der Waals surface area contributed by atoms with Crippen molar-refractivity contribution in [1.82, 2.24) is 14.8 Å². The Morgan fingerprint density at radius 2 is 2.62 bits per heavy atom. The molecule has 2 heterocycles. The van der Waals surface area contributed by atoms with Crippen molar-refractivity contribution in [2.45, 2.75) is 11.7 Å². The molecule has 0 atom stereocenters. The van der Waals surface area contributed by atoms with Crippen LogP contribution >= 0.6 is 11.8 Å². The smallest absolute Gasteiger partial charge is 0.226 e. The van der Waals surface area contributed by atoms with Gasteiger partial charge in [-0.1, -0.05) is 11.8 Å². The molecular formula is C7H8N4OS. The first-order chi connectivity index (χ1) is 6.33. The molecule has 2 rings (SSSR count). The number of aromatic nitrogens is 3. The minimum absolute atomic E-state index is 0.499. The molecule has 0 aliphatic carbocycles. The Balaban J connectivity index is 2.29. The van der Waals surface area contributed by atoms with Gasteiger partial charge >= 0.3 is 0 Å². The maximum Gasteiger partial charge on any atom is 0.226 e. The van der Waals surface area contributed by atoms with Crippen molar-refractivity contribution in [1.29, 1.82) is 0 Å². The van der Waals surface area contributed by atoms with Crippen LogP contribution in [0.1, 0.15) is 0 Å². The van der Waals surface area contributed by atoms with Gasteiger partial charge in [-0.2, -0.15) is 4.98 Å². The molecule has 0 amide bonds. The second-order valence-electron chi connectivity index (χ2n) is 2.56. The molecule has 1 aliphatic heterocycles. The third-order valence-electron chi connectivity index (χ3n) is 1.71. The van der Waals surface area contributed by atoms with Crippen LogP contribution in [0.3, 0.4) is 0 Å². The van der Waals surface area contributed by atoms with Gasteiger partial charge in [0.15, 0.2) is 0 Å². The largest absolute Gasteiger partial charge is 0.330 e. The highest BCUT2D eigenvalue weighted by Gasteiger charge is 2.13. The Bertz CT molecular complexity index is 371.